The van der Waals surface area contributed by atoms with Gasteiger partial charge in [0.15, 0.2) is 0 Å². The van der Waals surface area contributed by atoms with Gasteiger partial charge < -0.3 is 22.0 Å². The zero-order valence-corrected chi connectivity index (χ0v) is 9.10. The van der Waals surface area contributed by atoms with Gasteiger partial charge in [0, 0.05) is 0 Å². The van der Waals surface area contributed by atoms with Crippen LogP contribution in [0.25, 0.3) is 0 Å². The lowest BCUT2D eigenvalue weighted by atomic mass is 10.4. The summed E-state index contributed by atoms with van der Waals surface area (Å²) in [6, 6.07) is 0. The molecule has 0 saturated heterocycles. The lowest BCUT2D eigenvalue weighted by Gasteiger charge is -1.93. The van der Waals surface area contributed by atoms with Crippen molar-refractivity contribution in [3.8, 4) is 0 Å². The molecular formula is C8H18N6O. The Bertz CT molecular complexity index is 215. The molecule has 15 heavy (non-hydrogen) atoms. The molecule has 1 aromatic heterocycles. The van der Waals surface area contributed by atoms with Crippen LogP contribution in [0.15, 0.2) is 0 Å². The minimum Gasteiger partial charge on any atom is -0.368 e. The molecule has 0 fully saturated rings. The second-order valence-corrected chi connectivity index (χ2v) is 2.41. The molecule has 7 nitrogen and oxygen atoms in total. The summed E-state index contributed by atoms with van der Waals surface area (Å²) in [5, 5.41) is 0. The van der Waals surface area contributed by atoms with Crippen LogP contribution in [-0.2, 0) is 4.79 Å². The first kappa shape index (κ1) is 15.5. The number of aromatic nitrogens is 3. The van der Waals surface area contributed by atoms with E-state index in [2.05, 4.69) is 28.8 Å². The van der Waals surface area contributed by atoms with E-state index in [-0.39, 0.29) is 17.8 Å². The predicted molar refractivity (Wildman–Crippen MR) is 60.8 cm³/mol. The normalized spacial score (nSPS) is 7.87. The van der Waals surface area contributed by atoms with Crippen molar-refractivity contribution in [1.29, 1.82) is 0 Å². The predicted octanol–water partition coefficient (Wildman–Crippen LogP) is 0.240. The van der Waals surface area contributed by atoms with Gasteiger partial charge in [-0.2, -0.15) is 15.0 Å². The van der Waals surface area contributed by atoms with Gasteiger partial charge in [0.2, 0.25) is 17.8 Å². The Hall–Kier alpha value is -1.92. The van der Waals surface area contributed by atoms with E-state index in [1.54, 1.807) is 0 Å². The molecule has 0 amide bonds. The SMILES string of the molecule is C=O.CCCC.Nc1nc(N)nc(N)n1. The molecule has 7 heteroatoms. The molecule has 0 aliphatic carbocycles. The van der Waals surface area contributed by atoms with Crippen LogP contribution in [0.4, 0.5) is 17.8 Å². The van der Waals surface area contributed by atoms with E-state index in [1.807, 2.05) is 6.79 Å². The molecule has 0 aromatic carbocycles. The number of nitrogens with zero attached hydrogens (tertiary/aromatic N) is 3. The van der Waals surface area contributed by atoms with E-state index in [9.17, 15) is 0 Å². The lowest BCUT2D eigenvalue weighted by Crippen LogP contribution is -2.05. The second kappa shape index (κ2) is 10.2. The summed E-state index contributed by atoms with van der Waals surface area (Å²) in [5.41, 5.74) is 15.4. The third kappa shape index (κ3) is 10.00. The standard InChI is InChI=1S/C4H10.C3H6N6.CH2O/c1-3-4-2;4-1-7-2(5)9-3(6)8-1;1-2/h3-4H2,1-2H3;(H6,4,5,6,7,8,9);1H2. The summed E-state index contributed by atoms with van der Waals surface area (Å²) in [7, 11) is 0. The number of rotatable bonds is 1. The Morgan fingerprint density at radius 3 is 1.20 bits per heavy atom. The Balaban J connectivity index is 0. The molecule has 0 bridgehead atoms. The van der Waals surface area contributed by atoms with Crippen molar-refractivity contribution >= 4 is 24.6 Å². The topological polar surface area (TPSA) is 134 Å². The maximum absolute atomic E-state index is 8.00. The molecule has 1 aromatic rings. The maximum atomic E-state index is 8.00. The van der Waals surface area contributed by atoms with Crippen molar-refractivity contribution < 1.29 is 4.79 Å². The van der Waals surface area contributed by atoms with Gasteiger partial charge in [0.1, 0.15) is 6.79 Å². The highest BCUT2D eigenvalue weighted by atomic mass is 16.1. The maximum Gasteiger partial charge on any atom is 0.226 e. The number of hydrogen-bond acceptors (Lipinski definition) is 7. The first-order valence-electron chi connectivity index (χ1n) is 4.41. The van der Waals surface area contributed by atoms with Crippen LogP contribution in [-0.4, -0.2) is 21.7 Å². The van der Waals surface area contributed by atoms with Crippen molar-refractivity contribution in [2.24, 2.45) is 0 Å². The minimum absolute atomic E-state index is 0.0417. The zero-order valence-electron chi connectivity index (χ0n) is 9.10. The molecule has 0 aliphatic rings. The number of unbranched alkanes of at least 4 members (excludes halogenated alkanes) is 1. The van der Waals surface area contributed by atoms with Gasteiger partial charge in [-0.15, -0.1) is 0 Å². The van der Waals surface area contributed by atoms with Crippen LogP contribution < -0.4 is 17.2 Å². The van der Waals surface area contributed by atoms with E-state index in [1.165, 1.54) is 12.8 Å². The lowest BCUT2D eigenvalue weighted by molar-refractivity contribution is -0.0979. The Morgan fingerprint density at radius 2 is 1.07 bits per heavy atom. The molecule has 0 radical (unpaired) electrons. The van der Waals surface area contributed by atoms with Crippen LogP contribution >= 0.6 is 0 Å². The molecule has 1 rings (SSSR count). The number of carbonyl (C=O) groups excluding carboxylic acids is 1. The molecule has 0 unspecified atom stereocenters. The summed E-state index contributed by atoms with van der Waals surface area (Å²) in [5.74, 6) is 0.125. The van der Waals surface area contributed by atoms with Gasteiger partial charge in [-0.25, -0.2) is 0 Å². The quantitative estimate of drug-likeness (QED) is 0.609. The van der Waals surface area contributed by atoms with Gasteiger partial charge in [-0.1, -0.05) is 26.7 Å². The molecule has 1 heterocycles. The second-order valence-electron chi connectivity index (χ2n) is 2.41. The van der Waals surface area contributed by atoms with Crippen LogP contribution in [0, 0.1) is 0 Å². The third-order valence-corrected chi connectivity index (χ3v) is 1.19. The minimum atomic E-state index is 0.0417. The molecule has 86 valence electrons. The fourth-order valence-corrected chi connectivity index (χ4v) is 0.427. The molecule has 0 saturated carbocycles. The largest absolute Gasteiger partial charge is 0.368 e. The molecule has 0 spiro atoms. The van der Waals surface area contributed by atoms with Gasteiger partial charge in [0.05, 0.1) is 0 Å². The van der Waals surface area contributed by atoms with Crippen molar-refractivity contribution in [2.75, 3.05) is 17.2 Å². The summed E-state index contributed by atoms with van der Waals surface area (Å²) in [6.07, 6.45) is 2.64. The van der Waals surface area contributed by atoms with Gasteiger partial charge in [-0.05, 0) is 0 Å². The van der Waals surface area contributed by atoms with Crippen molar-refractivity contribution in [1.82, 2.24) is 15.0 Å². The number of anilines is 3. The number of nitrogen functional groups attached to an aromatic ring is 3. The fourth-order valence-electron chi connectivity index (χ4n) is 0.427. The highest BCUT2D eigenvalue weighted by Crippen LogP contribution is 1.97. The highest BCUT2D eigenvalue weighted by Gasteiger charge is 1.93. The first-order chi connectivity index (χ1) is 7.10. The summed E-state index contributed by atoms with van der Waals surface area (Å²) >= 11 is 0. The average Bonchev–Trinajstić information content (AvgIpc) is 2.19. The third-order valence-electron chi connectivity index (χ3n) is 1.19. The van der Waals surface area contributed by atoms with E-state index >= 15 is 0 Å². The molecule has 6 N–H and O–H groups in total. The van der Waals surface area contributed by atoms with E-state index in [4.69, 9.17) is 22.0 Å². The smallest absolute Gasteiger partial charge is 0.226 e. The molecule has 0 aliphatic heterocycles. The fraction of sp³-hybridized carbons (Fsp3) is 0.500. The Morgan fingerprint density at radius 1 is 0.867 bits per heavy atom. The number of nitrogens with two attached hydrogens (primary N) is 3. The van der Waals surface area contributed by atoms with Crippen molar-refractivity contribution in [2.45, 2.75) is 26.7 Å². The van der Waals surface area contributed by atoms with Gasteiger partial charge in [-0.3, -0.25) is 0 Å². The van der Waals surface area contributed by atoms with Crippen molar-refractivity contribution in [3.05, 3.63) is 0 Å². The summed E-state index contributed by atoms with van der Waals surface area (Å²) < 4.78 is 0. The number of carbonyl (C=O) groups is 1. The summed E-state index contributed by atoms with van der Waals surface area (Å²) in [6.45, 7) is 6.36. The number of hydrogen-bond donors (Lipinski definition) is 3. The van der Waals surface area contributed by atoms with Crippen LogP contribution in [0.3, 0.4) is 0 Å². The highest BCUT2D eigenvalue weighted by molar-refractivity contribution is 5.33. The zero-order chi connectivity index (χ0) is 12.3. The first-order valence-corrected chi connectivity index (χ1v) is 4.41. The molecular weight excluding hydrogens is 196 g/mol. The van der Waals surface area contributed by atoms with Gasteiger partial charge >= 0.3 is 0 Å². The van der Waals surface area contributed by atoms with Crippen LogP contribution in [0.5, 0.6) is 0 Å². The summed E-state index contributed by atoms with van der Waals surface area (Å²) in [4.78, 5) is 18.5. The average molecular weight is 214 g/mol. The van der Waals surface area contributed by atoms with E-state index < -0.39 is 0 Å². The molecule has 0 atom stereocenters. The Kier molecular flexibility index (Phi) is 10.5. The van der Waals surface area contributed by atoms with Crippen molar-refractivity contribution in [3.63, 3.8) is 0 Å². The van der Waals surface area contributed by atoms with E-state index in [0.29, 0.717) is 0 Å². The van der Waals surface area contributed by atoms with E-state index in [0.717, 1.165) is 0 Å². The Labute approximate surface area is 89.1 Å². The monoisotopic (exact) mass is 214 g/mol. The van der Waals surface area contributed by atoms with Crippen LogP contribution in [0.1, 0.15) is 26.7 Å². The van der Waals surface area contributed by atoms with Crippen LogP contribution in [0.2, 0.25) is 0 Å². The van der Waals surface area contributed by atoms with Gasteiger partial charge in [0.25, 0.3) is 0 Å².